The van der Waals surface area contributed by atoms with Crippen LogP contribution in [-0.4, -0.2) is 29.0 Å². The van der Waals surface area contributed by atoms with Crippen molar-refractivity contribution in [2.24, 2.45) is 5.92 Å². The van der Waals surface area contributed by atoms with Gasteiger partial charge in [-0.2, -0.15) is 0 Å². The van der Waals surface area contributed by atoms with Crippen molar-refractivity contribution in [3.8, 4) is 0 Å². The molecule has 0 saturated heterocycles. The second kappa shape index (κ2) is 9.73. The predicted octanol–water partition coefficient (Wildman–Crippen LogP) is 2.53. The molecule has 8 heteroatoms. The Balaban J connectivity index is 1.75. The normalized spacial score (nSPS) is 20.6. The lowest BCUT2D eigenvalue weighted by molar-refractivity contribution is -0.123. The minimum absolute atomic E-state index is 0.322. The van der Waals surface area contributed by atoms with Crippen LogP contribution in [0.25, 0.3) is 0 Å². The minimum atomic E-state index is -0.720. The number of rotatable bonds is 4. The molecule has 1 aliphatic rings. The van der Waals surface area contributed by atoms with Gasteiger partial charge in [0.2, 0.25) is 0 Å². The second-order valence-electron chi connectivity index (χ2n) is 6.66. The number of hydrogen-bond donors (Lipinski definition) is 4. The SMILES string of the molecule is CC(NC(=O)c1ccc(Cl)cc1)C(=O)NNC(=S)NC1CCCCC1C. The van der Waals surface area contributed by atoms with Crippen LogP contribution >= 0.6 is 23.8 Å². The number of nitrogens with one attached hydrogen (secondary N) is 4. The van der Waals surface area contributed by atoms with Crippen LogP contribution in [0.3, 0.4) is 0 Å². The van der Waals surface area contributed by atoms with Gasteiger partial charge in [0.25, 0.3) is 11.8 Å². The van der Waals surface area contributed by atoms with Crippen LogP contribution in [0.4, 0.5) is 0 Å². The Morgan fingerprint density at radius 1 is 1.15 bits per heavy atom. The van der Waals surface area contributed by atoms with E-state index in [1.54, 1.807) is 31.2 Å². The van der Waals surface area contributed by atoms with E-state index in [1.165, 1.54) is 19.3 Å². The molecule has 2 amide bonds. The molecule has 142 valence electrons. The maximum absolute atomic E-state index is 12.1. The Kier molecular flexibility index (Phi) is 7.66. The van der Waals surface area contributed by atoms with Crippen LogP contribution < -0.4 is 21.5 Å². The first-order valence-electron chi connectivity index (χ1n) is 8.79. The van der Waals surface area contributed by atoms with Crippen molar-refractivity contribution in [3.05, 3.63) is 34.9 Å². The van der Waals surface area contributed by atoms with E-state index in [9.17, 15) is 9.59 Å². The van der Waals surface area contributed by atoms with E-state index < -0.39 is 6.04 Å². The number of carbonyl (C=O) groups excluding carboxylic acids is 2. The molecule has 26 heavy (non-hydrogen) atoms. The van der Waals surface area contributed by atoms with Gasteiger partial charge >= 0.3 is 0 Å². The molecule has 0 heterocycles. The van der Waals surface area contributed by atoms with Crippen LogP contribution in [0.15, 0.2) is 24.3 Å². The fourth-order valence-corrected chi connectivity index (χ4v) is 3.24. The molecule has 1 saturated carbocycles. The highest BCUT2D eigenvalue weighted by Gasteiger charge is 2.22. The van der Waals surface area contributed by atoms with Gasteiger partial charge in [-0.15, -0.1) is 0 Å². The Bertz CT molecular complexity index is 653. The van der Waals surface area contributed by atoms with Gasteiger partial charge in [0.15, 0.2) is 5.11 Å². The average Bonchev–Trinajstić information content (AvgIpc) is 2.62. The number of hydrogen-bond acceptors (Lipinski definition) is 3. The van der Waals surface area contributed by atoms with Crippen molar-refractivity contribution in [1.82, 2.24) is 21.5 Å². The average molecular weight is 397 g/mol. The molecule has 3 unspecified atom stereocenters. The summed E-state index contributed by atoms with van der Waals surface area (Å²) in [5, 5.41) is 6.80. The number of halogens is 1. The molecule has 0 bridgehead atoms. The fourth-order valence-electron chi connectivity index (χ4n) is 2.91. The molecule has 3 atom stereocenters. The van der Waals surface area contributed by atoms with Crippen molar-refractivity contribution >= 4 is 40.7 Å². The third kappa shape index (κ3) is 6.14. The highest BCUT2D eigenvalue weighted by molar-refractivity contribution is 7.80. The zero-order valence-corrected chi connectivity index (χ0v) is 16.5. The summed E-state index contributed by atoms with van der Waals surface area (Å²) in [5.41, 5.74) is 5.66. The van der Waals surface area contributed by atoms with Crippen LogP contribution in [0.2, 0.25) is 5.02 Å². The molecule has 0 aromatic heterocycles. The Hall–Kier alpha value is -1.86. The highest BCUT2D eigenvalue weighted by atomic mass is 35.5. The third-order valence-corrected chi connectivity index (χ3v) is 5.05. The third-order valence-electron chi connectivity index (χ3n) is 4.57. The van der Waals surface area contributed by atoms with Crippen molar-refractivity contribution in [2.45, 2.75) is 51.6 Å². The lowest BCUT2D eigenvalue weighted by Gasteiger charge is -2.30. The largest absolute Gasteiger partial charge is 0.358 e. The van der Waals surface area contributed by atoms with Crippen molar-refractivity contribution in [1.29, 1.82) is 0 Å². The molecule has 1 aromatic rings. The van der Waals surface area contributed by atoms with Gasteiger partial charge in [-0.3, -0.25) is 20.4 Å². The van der Waals surface area contributed by atoms with E-state index >= 15 is 0 Å². The highest BCUT2D eigenvalue weighted by Crippen LogP contribution is 2.23. The van der Waals surface area contributed by atoms with Gasteiger partial charge in [0, 0.05) is 16.6 Å². The first-order chi connectivity index (χ1) is 12.4. The van der Waals surface area contributed by atoms with Crippen LogP contribution in [-0.2, 0) is 4.79 Å². The zero-order chi connectivity index (χ0) is 19.1. The van der Waals surface area contributed by atoms with Gasteiger partial charge in [0.05, 0.1) is 0 Å². The standard InChI is InChI=1S/C18H25ClN4O2S/c1-11-5-3-4-6-15(11)21-18(26)23-22-16(24)12(2)20-17(25)13-7-9-14(19)10-8-13/h7-12,15H,3-6H2,1-2H3,(H,20,25)(H,22,24)(H2,21,23,26). The van der Waals surface area contributed by atoms with Crippen LogP contribution in [0.5, 0.6) is 0 Å². The summed E-state index contributed by atoms with van der Waals surface area (Å²) < 4.78 is 0. The van der Waals surface area contributed by atoms with E-state index in [4.69, 9.17) is 23.8 Å². The molecule has 1 fully saturated rings. The zero-order valence-electron chi connectivity index (χ0n) is 15.0. The number of benzene rings is 1. The lowest BCUT2D eigenvalue weighted by atomic mass is 9.86. The second-order valence-corrected chi connectivity index (χ2v) is 7.50. The molecule has 1 aliphatic carbocycles. The van der Waals surface area contributed by atoms with Crippen molar-refractivity contribution in [3.63, 3.8) is 0 Å². The van der Waals surface area contributed by atoms with Crippen LogP contribution in [0, 0.1) is 5.92 Å². The minimum Gasteiger partial charge on any atom is -0.358 e. The number of thiocarbonyl (C=S) groups is 1. The molecule has 1 aromatic carbocycles. The van der Waals surface area contributed by atoms with Gasteiger partial charge in [-0.25, -0.2) is 0 Å². The van der Waals surface area contributed by atoms with E-state index in [0.717, 1.165) is 6.42 Å². The Morgan fingerprint density at radius 2 is 1.81 bits per heavy atom. The number of amides is 2. The van der Waals surface area contributed by atoms with Gasteiger partial charge in [0.1, 0.15) is 6.04 Å². The Morgan fingerprint density at radius 3 is 2.46 bits per heavy atom. The fraction of sp³-hybridized carbons (Fsp3) is 0.500. The van der Waals surface area contributed by atoms with E-state index in [2.05, 4.69) is 28.4 Å². The first-order valence-corrected chi connectivity index (χ1v) is 9.58. The molecule has 0 aliphatic heterocycles. The predicted molar refractivity (Wildman–Crippen MR) is 107 cm³/mol. The number of hydrazine groups is 1. The molecular formula is C18H25ClN4O2S. The summed E-state index contributed by atoms with van der Waals surface area (Å²) in [6, 6.07) is 6.05. The molecule has 0 spiro atoms. The summed E-state index contributed by atoms with van der Waals surface area (Å²) in [6.45, 7) is 3.80. The van der Waals surface area contributed by atoms with Gasteiger partial charge in [-0.05, 0) is 62.2 Å². The Labute approximate surface area is 164 Å². The van der Waals surface area contributed by atoms with E-state index in [1.807, 2.05) is 0 Å². The monoisotopic (exact) mass is 396 g/mol. The molecule has 0 radical (unpaired) electrons. The van der Waals surface area contributed by atoms with E-state index in [-0.39, 0.29) is 11.8 Å². The van der Waals surface area contributed by atoms with Crippen LogP contribution in [0.1, 0.15) is 49.9 Å². The molecular weight excluding hydrogens is 372 g/mol. The van der Waals surface area contributed by atoms with Crippen molar-refractivity contribution < 1.29 is 9.59 Å². The van der Waals surface area contributed by atoms with Crippen molar-refractivity contribution in [2.75, 3.05) is 0 Å². The molecule has 4 N–H and O–H groups in total. The summed E-state index contributed by atoms with van der Waals surface area (Å²) >= 11 is 11.0. The molecule has 2 rings (SSSR count). The van der Waals surface area contributed by atoms with E-state index in [0.29, 0.717) is 27.7 Å². The molecule has 6 nitrogen and oxygen atoms in total. The summed E-state index contributed by atoms with van der Waals surface area (Å²) in [7, 11) is 0. The summed E-state index contributed by atoms with van der Waals surface area (Å²) in [5.74, 6) is -0.175. The quantitative estimate of drug-likeness (QED) is 0.464. The first kappa shape index (κ1) is 20.5. The van der Waals surface area contributed by atoms with Gasteiger partial charge in [-0.1, -0.05) is 31.4 Å². The summed E-state index contributed by atoms with van der Waals surface area (Å²) in [4.78, 5) is 24.2. The van der Waals surface area contributed by atoms with Gasteiger partial charge < -0.3 is 10.6 Å². The topological polar surface area (TPSA) is 82.3 Å². The maximum atomic E-state index is 12.1. The summed E-state index contributed by atoms with van der Waals surface area (Å²) in [6.07, 6.45) is 4.69. The number of carbonyl (C=O) groups is 2. The lowest BCUT2D eigenvalue weighted by Crippen LogP contribution is -2.55. The maximum Gasteiger partial charge on any atom is 0.260 e. The smallest absolute Gasteiger partial charge is 0.260 e.